The summed E-state index contributed by atoms with van der Waals surface area (Å²) in [5, 5.41) is 0.541. The monoisotopic (exact) mass is 333 g/mol. The molecular formula is C17H16ClNO4. The molecule has 23 heavy (non-hydrogen) atoms. The molecule has 120 valence electrons. The van der Waals surface area contributed by atoms with E-state index in [0.29, 0.717) is 34.2 Å². The minimum absolute atomic E-state index is 0.0507. The van der Waals surface area contributed by atoms with Crippen LogP contribution >= 0.6 is 11.6 Å². The molecule has 0 unspecified atom stereocenters. The Balaban J connectivity index is 1.79. The number of hydrogen-bond donors (Lipinski definition) is 1. The fourth-order valence-corrected chi connectivity index (χ4v) is 2.71. The fourth-order valence-electron chi connectivity index (χ4n) is 2.44. The Hall–Kier alpha value is -2.24. The van der Waals surface area contributed by atoms with Gasteiger partial charge in [-0.3, -0.25) is 0 Å². The van der Waals surface area contributed by atoms with Gasteiger partial charge in [-0.1, -0.05) is 23.7 Å². The summed E-state index contributed by atoms with van der Waals surface area (Å²) in [7, 11) is 0. The highest BCUT2D eigenvalue weighted by atomic mass is 35.5. The molecule has 0 amide bonds. The molecule has 0 saturated carbocycles. The van der Waals surface area contributed by atoms with E-state index in [4.69, 9.17) is 31.5 Å². The second-order valence-electron chi connectivity index (χ2n) is 5.28. The lowest BCUT2D eigenvalue weighted by molar-refractivity contribution is -0.0180. The summed E-state index contributed by atoms with van der Waals surface area (Å²) in [4.78, 5) is 12.2. The summed E-state index contributed by atoms with van der Waals surface area (Å²) >= 11 is 6.09. The SMILES string of the molecule is Cc1cccc(C(=O)OCc2cc(Cl)cc3c2OCOC3)c1N. The Morgan fingerprint density at radius 3 is 3.04 bits per heavy atom. The van der Waals surface area contributed by atoms with Gasteiger partial charge in [0.15, 0.2) is 6.79 Å². The number of hydrogen-bond acceptors (Lipinski definition) is 5. The molecule has 1 aliphatic heterocycles. The summed E-state index contributed by atoms with van der Waals surface area (Å²) in [5.41, 5.74) is 9.08. The van der Waals surface area contributed by atoms with Gasteiger partial charge in [0.05, 0.1) is 12.2 Å². The Bertz CT molecular complexity index is 760. The third kappa shape index (κ3) is 3.25. The molecule has 0 aliphatic carbocycles. The van der Waals surface area contributed by atoms with Gasteiger partial charge in [0, 0.05) is 21.8 Å². The normalized spacial score (nSPS) is 13.1. The number of nitrogens with two attached hydrogens (primary N) is 1. The van der Waals surface area contributed by atoms with Crippen LogP contribution < -0.4 is 10.5 Å². The lowest BCUT2D eigenvalue weighted by Gasteiger charge is -2.21. The van der Waals surface area contributed by atoms with Crippen LogP contribution in [0.15, 0.2) is 30.3 Å². The third-order valence-electron chi connectivity index (χ3n) is 3.65. The van der Waals surface area contributed by atoms with Crippen LogP contribution in [0.5, 0.6) is 5.75 Å². The predicted molar refractivity (Wildman–Crippen MR) is 86.4 cm³/mol. The van der Waals surface area contributed by atoms with Crippen LogP contribution in [0.25, 0.3) is 0 Å². The number of rotatable bonds is 3. The highest BCUT2D eigenvalue weighted by Gasteiger charge is 2.19. The van der Waals surface area contributed by atoms with Crippen molar-refractivity contribution >= 4 is 23.3 Å². The molecule has 6 heteroatoms. The van der Waals surface area contributed by atoms with Crippen LogP contribution in [0, 0.1) is 6.92 Å². The highest BCUT2D eigenvalue weighted by molar-refractivity contribution is 6.30. The maximum Gasteiger partial charge on any atom is 0.340 e. The summed E-state index contributed by atoms with van der Waals surface area (Å²) in [6, 6.07) is 8.75. The van der Waals surface area contributed by atoms with E-state index in [2.05, 4.69) is 0 Å². The van der Waals surface area contributed by atoms with Crippen molar-refractivity contribution in [3.05, 3.63) is 57.6 Å². The molecule has 5 nitrogen and oxygen atoms in total. The van der Waals surface area contributed by atoms with Crippen molar-refractivity contribution in [2.75, 3.05) is 12.5 Å². The van der Waals surface area contributed by atoms with Crippen molar-refractivity contribution in [1.82, 2.24) is 0 Å². The van der Waals surface area contributed by atoms with Crippen LogP contribution in [0.2, 0.25) is 5.02 Å². The van der Waals surface area contributed by atoms with E-state index in [-0.39, 0.29) is 13.4 Å². The molecule has 0 radical (unpaired) electrons. The Morgan fingerprint density at radius 2 is 2.22 bits per heavy atom. The third-order valence-corrected chi connectivity index (χ3v) is 3.87. The van der Waals surface area contributed by atoms with Crippen LogP contribution in [-0.4, -0.2) is 12.8 Å². The summed E-state index contributed by atoms with van der Waals surface area (Å²) < 4.78 is 16.1. The number of carbonyl (C=O) groups excluding carboxylic acids is 1. The largest absolute Gasteiger partial charge is 0.467 e. The first kappa shape index (κ1) is 15.6. The van der Waals surface area contributed by atoms with Gasteiger partial charge in [-0.25, -0.2) is 4.79 Å². The van der Waals surface area contributed by atoms with Gasteiger partial charge in [0.2, 0.25) is 0 Å². The number of halogens is 1. The molecule has 3 rings (SSSR count). The standard InChI is InChI=1S/C17H16ClNO4/c1-10-3-2-4-14(15(10)19)17(20)22-8-12-6-13(18)5-11-7-21-9-23-16(11)12/h2-6H,7-9,19H2,1H3. The lowest BCUT2D eigenvalue weighted by Crippen LogP contribution is -2.15. The molecule has 0 saturated heterocycles. The zero-order valence-corrected chi connectivity index (χ0v) is 13.4. The first-order valence-corrected chi connectivity index (χ1v) is 7.48. The zero-order valence-electron chi connectivity index (χ0n) is 12.6. The molecule has 0 spiro atoms. The zero-order chi connectivity index (χ0) is 16.4. The molecule has 2 N–H and O–H groups in total. The first-order chi connectivity index (χ1) is 11.1. The van der Waals surface area contributed by atoms with E-state index in [1.807, 2.05) is 13.0 Å². The van der Waals surface area contributed by atoms with Crippen LogP contribution in [-0.2, 0) is 22.7 Å². The van der Waals surface area contributed by atoms with Crippen LogP contribution in [0.3, 0.4) is 0 Å². The van der Waals surface area contributed by atoms with Gasteiger partial charge >= 0.3 is 5.97 Å². The van der Waals surface area contributed by atoms with Gasteiger partial charge in [0.25, 0.3) is 0 Å². The number of fused-ring (bicyclic) bond motifs is 1. The van der Waals surface area contributed by atoms with Gasteiger partial charge < -0.3 is 19.9 Å². The maximum atomic E-state index is 12.2. The number of esters is 1. The van der Waals surface area contributed by atoms with E-state index in [1.54, 1.807) is 24.3 Å². The summed E-state index contributed by atoms with van der Waals surface area (Å²) in [6.45, 7) is 2.48. The second kappa shape index (κ2) is 6.48. The van der Waals surface area contributed by atoms with E-state index in [9.17, 15) is 4.79 Å². The number of aryl methyl sites for hydroxylation is 1. The Labute approximate surface area is 138 Å². The Morgan fingerprint density at radius 1 is 1.39 bits per heavy atom. The van der Waals surface area contributed by atoms with Crippen molar-refractivity contribution in [1.29, 1.82) is 0 Å². The lowest BCUT2D eigenvalue weighted by atomic mass is 10.1. The maximum absolute atomic E-state index is 12.2. The number of para-hydroxylation sites is 1. The number of ether oxygens (including phenoxy) is 3. The summed E-state index contributed by atoms with van der Waals surface area (Å²) in [6.07, 6.45) is 0. The second-order valence-corrected chi connectivity index (χ2v) is 5.71. The van der Waals surface area contributed by atoms with Crippen molar-refractivity contribution in [3.63, 3.8) is 0 Å². The average molecular weight is 334 g/mol. The molecule has 0 atom stereocenters. The highest BCUT2D eigenvalue weighted by Crippen LogP contribution is 2.32. The molecule has 0 bridgehead atoms. The molecule has 0 fully saturated rings. The smallest absolute Gasteiger partial charge is 0.340 e. The van der Waals surface area contributed by atoms with E-state index >= 15 is 0 Å². The van der Waals surface area contributed by atoms with Crippen LogP contribution in [0.4, 0.5) is 5.69 Å². The molecule has 2 aromatic carbocycles. The number of nitrogen functional groups attached to an aromatic ring is 1. The van der Waals surface area contributed by atoms with Crippen molar-refractivity contribution in [2.45, 2.75) is 20.1 Å². The van der Waals surface area contributed by atoms with Gasteiger partial charge in [-0.05, 0) is 30.7 Å². The number of benzene rings is 2. The molecule has 2 aromatic rings. The van der Waals surface area contributed by atoms with Gasteiger partial charge in [-0.2, -0.15) is 0 Å². The molecule has 1 aliphatic rings. The topological polar surface area (TPSA) is 70.8 Å². The summed E-state index contributed by atoms with van der Waals surface area (Å²) in [5.74, 6) is 0.178. The van der Waals surface area contributed by atoms with Crippen molar-refractivity contribution in [2.24, 2.45) is 0 Å². The minimum Gasteiger partial charge on any atom is -0.467 e. The van der Waals surface area contributed by atoms with Crippen molar-refractivity contribution < 1.29 is 19.0 Å². The average Bonchev–Trinajstić information content (AvgIpc) is 2.54. The van der Waals surface area contributed by atoms with E-state index in [0.717, 1.165) is 11.1 Å². The first-order valence-electron chi connectivity index (χ1n) is 7.10. The predicted octanol–water partition coefficient (Wildman–Crippen LogP) is 3.45. The quantitative estimate of drug-likeness (QED) is 0.688. The molecular weight excluding hydrogens is 318 g/mol. The van der Waals surface area contributed by atoms with E-state index in [1.165, 1.54) is 0 Å². The van der Waals surface area contributed by atoms with Gasteiger partial charge in [-0.15, -0.1) is 0 Å². The fraction of sp³-hybridized carbons (Fsp3) is 0.235. The van der Waals surface area contributed by atoms with Crippen molar-refractivity contribution in [3.8, 4) is 5.75 Å². The van der Waals surface area contributed by atoms with Crippen LogP contribution in [0.1, 0.15) is 27.0 Å². The number of carbonyl (C=O) groups is 1. The molecule has 1 heterocycles. The number of anilines is 1. The minimum atomic E-state index is -0.480. The molecule has 0 aromatic heterocycles. The Kier molecular flexibility index (Phi) is 4.41. The van der Waals surface area contributed by atoms with E-state index < -0.39 is 5.97 Å². The van der Waals surface area contributed by atoms with Gasteiger partial charge in [0.1, 0.15) is 12.4 Å².